The highest BCUT2D eigenvalue weighted by Crippen LogP contribution is 2.25. The number of halogens is 1. The van der Waals surface area contributed by atoms with E-state index in [0.717, 1.165) is 17.0 Å². The first kappa shape index (κ1) is 13.7. The van der Waals surface area contributed by atoms with E-state index in [1.54, 1.807) is 17.5 Å². The zero-order valence-electron chi connectivity index (χ0n) is 9.68. The molecule has 2 rings (SSSR count). The first-order chi connectivity index (χ1) is 9.08. The van der Waals surface area contributed by atoms with Crippen LogP contribution in [0.3, 0.4) is 0 Å². The van der Waals surface area contributed by atoms with Gasteiger partial charge in [0, 0.05) is 30.2 Å². The minimum absolute atomic E-state index is 0.0150. The maximum absolute atomic E-state index is 10.9. The van der Waals surface area contributed by atoms with Crippen LogP contribution in [0.4, 0.5) is 5.69 Å². The molecule has 1 heterocycles. The highest BCUT2D eigenvalue weighted by Gasteiger charge is 2.15. The van der Waals surface area contributed by atoms with E-state index in [-0.39, 0.29) is 17.1 Å². The summed E-state index contributed by atoms with van der Waals surface area (Å²) in [5, 5.41) is 16.0. The Hall–Kier alpha value is -1.70. The Kier molecular flexibility index (Phi) is 4.31. The number of nitro benzene ring substituents is 1. The van der Waals surface area contributed by atoms with Gasteiger partial charge in [0.15, 0.2) is 0 Å². The fraction of sp³-hybridized carbons (Fsp3) is 0.182. The van der Waals surface area contributed by atoms with Crippen LogP contribution in [0.25, 0.3) is 0 Å². The van der Waals surface area contributed by atoms with Gasteiger partial charge in [0.2, 0.25) is 0 Å². The Morgan fingerprint density at radius 3 is 2.84 bits per heavy atom. The largest absolute Gasteiger partial charge is 0.315 e. The number of benzene rings is 1. The summed E-state index contributed by atoms with van der Waals surface area (Å²) in [4.78, 5) is 23.9. The Bertz CT molecular complexity index is 653. The molecule has 0 aliphatic rings. The molecule has 0 spiro atoms. The molecule has 1 aromatic carbocycles. The van der Waals surface area contributed by atoms with Gasteiger partial charge in [0.25, 0.3) is 5.69 Å². The molecule has 0 amide bonds. The fourth-order valence-electron chi connectivity index (χ4n) is 1.62. The minimum atomic E-state index is -0.463. The van der Waals surface area contributed by atoms with E-state index in [2.05, 4.69) is 10.3 Å². The first-order valence-corrected chi connectivity index (χ1v) is 6.63. The summed E-state index contributed by atoms with van der Waals surface area (Å²) in [7, 11) is 0. The van der Waals surface area contributed by atoms with E-state index in [1.807, 2.05) is 0 Å². The van der Waals surface area contributed by atoms with Crippen molar-refractivity contribution in [3.8, 4) is 0 Å². The molecule has 0 atom stereocenters. The van der Waals surface area contributed by atoms with Crippen molar-refractivity contribution >= 4 is 28.6 Å². The maximum Gasteiger partial charge on any atom is 0.304 e. The van der Waals surface area contributed by atoms with Crippen molar-refractivity contribution in [3.63, 3.8) is 0 Å². The predicted molar refractivity (Wildman–Crippen MR) is 73.6 cm³/mol. The van der Waals surface area contributed by atoms with Crippen LogP contribution in [0.15, 0.2) is 28.4 Å². The number of hydrogen-bond acceptors (Lipinski definition) is 5. The Morgan fingerprint density at radius 2 is 2.21 bits per heavy atom. The van der Waals surface area contributed by atoms with E-state index >= 15 is 0 Å². The quantitative estimate of drug-likeness (QED) is 0.655. The normalized spacial score (nSPS) is 10.6. The van der Waals surface area contributed by atoms with Crippen molar-refractivity contribution in [1.82, 2.24) is 10.3 Å². The first-order valence-electron chi connectivity index (χ1n) is 5.37. The molecule has 8 heteroatoms. The van der Waals surface area contributed by atoms with Gasteiger partial charge in [-0.05, 0) is 6.07 Å². The number of nitrogens with zero attached hydrogens (tertiary/aromatic N) is 1. The van der Waals surface area contributed by atoms with Crippen LogP contribution in [0.2, 0.25) is 5.02 Å². The van der Waals surface area contributed by atoms with Crippen molar-refractivity contribution < 1.29 is 4.92 Å². The van der Waals surface area contributed by atoms with Gasteiger partial charge >= 0.3 is 4.87 Å². The van der Waals surface area contributed by atoms with Gasteiger partial charge in [-0.15, -0.1) is 0 Å². The number of rotatable bonds is 5. The number of hydrogen-bond donors (Lipinski definition) is 2. The standard InChI is InChI=1S/C11H10ClN3O3S/c12-9-2-1-3-10(15(17)18)8(9)5-13-4-7-6-19-11(16)14-7/h1-3,6,13H,4-5H2,(H,14,16). The lowest BCUT2D eigenvalue weighted by molar-refractivity contribution is -0.385. The summed E-state index contributed by atoms with van der Waals surface area (Å²) in [6.07, 6.45) is 0. The Morgan fingerprint density at radius 1 is 1.42 bits per heavy atom. The van der Waals surface area contributed by atoms with Crippen molar-refractivity contribution in [2.24, 2.45) is 0 Å². The molecule has 0 saturated heterocycles. The second-order valence-corrected chi connectivity index (χ2v) is 5.02. The van der Waals surface area contributed by atoms with Gasteiger partial charge in [0.05, 0.1) is 15.5 Å². The summed E-state index contributed by atoms with van der Waals surface area (Å²) in [6.45, 7) is 0.676. The lowest BCUT2D eigenvalue weighted by Crippen LogP contribution is -2.15. The number of H-pyrrole nitrogens is 1. The van der Waals surface area contributed by atoms with Crippen LogP contribution in [0, 0.1) is 10.1 Å². The average molecular weight is 300 g/mol. The average Bonchev–Trinajstić information content (AvgIpc) is 2.77. The van der Waals surface area contributed by atoms with Gasteiger partial charge < -0.3 is 10.3 Å². The van der Waals surface area contributed by atoms with Crippen LogP contribution < -0.4 is 10.2 Å². The van der Waals surface area contributed by atoms with Crippen molar-refractivity contribution in [3.05, 3.63) is 59.6 Å². The highest BCUT2D eigenvalue weighted by atomic mass is 35.5. The molecule has 0 bridgehead atoms. The van der Waals surface area contributed by atoms with Crippen LogP contribution in [-0.4, -0.2) is 9.91 Å². The van der Waals surface area contributed by atoms with E-state index in [9.17, 15) is 14.9 Å². The molecule has 19 heavy (non-hydrogen) atoms. The molecule has 0 fully saturated rings. The lowest BCUT2D eigenvalue weighted by atomic mass is 10.2. The molecule has 2 aromatic rings. The topological polar surface area (TPSA) is 88.0 Å². The van der Waals surface area contributed by atoms with E-state index < -0.39 is 4.92 Å². The van der Waals surface area contributed by atoms with Crippen molar-refractivity contribution in [1.29, 1.82) is 0 Å². The summed E-state index contributed by atoms with van der Waals surface area (Å²) in [5.41, 5.74) is 1.16. The molecule has 0 aliphatic heterocycles. The minimum Gasteiger partial charge on any atom is -0.315 e. The van der Waals surface area contributed by atoms with Gasteiger partial charge in [-0.1, -0.05) is 29.0 Å². The molecule has 6 nitrogen and oxygen atoms in total. The molecule has 0 saturated carbocycles. The SMILES string of the molecule is O=c1[nH]c(CNCc2c(Cl)cccc2[N+](=O)[O-])cs1. The molecule has 1 aromatic heterocycles. The summed E-state index contributed by atoms with van der Waals surface area (Å²) in [5.74, 6) is 0. The third kappa shape index (κ3) is 3.40. The van der Waals surface area contributed by atoms with Gasteiger partial charge in [-0.3, -0.25) is 14.9 Å². The van der Waals surface area contributed by atoms with Gasteiger partial charge in [-0.25, -0.2) is 0 Å². The number of nitro groups is 1. The zero-order valence-corrected chi connectivity index (χ0v) is 11.3. The summed E-state index contributed by atoms with van der Waals surface area (Å²) < 4.78 is 0. The maximum atomic E-state index is 10.9. The predicted octanol–water partition coefficient (Wildman–Crippen LogP) is 2.29. The second-order valence-electron chi connectivity index (χ2n) is 3.77. The molecule has 0 unspecified atom stereocenters. The Labute approximate surface area is 117 Å². The van der Waals surface area contributed by atoms with Crippen LogP contribution in [0.1, 0.15) is 11.3 Å². The molecule has 2 N–H and O–H groups in total. The molecular weight excluding hydrogens is 290 g/mol. The summed E-state index contributed by atoms with van der Waals surface area (Å²) in [6, 6.07) is 4.56. The monoisotopic (exact) mass is 299 g/mol. The second kappa shape index (κ2) is 5.96. The van der Waals surface area contributed by atoms with E-state index in [4.69, 9.17) is 11.6 Å². The molecular formula is C11H10ClN3O3S. The summed E-state index contributed by atoms with van der Waals surface area (Å²) >= 11 is 7.04. The molecule has 100 valence electrons. The lowest BCUT2D eigenvalue weighted by Gasteiger charge is -2.06. The van der Waals surface area contributed by atoms with Crippen molar-refractivity contribution in [2.75, 3.05) is 0 Å². The third-order valence-corrected chi connectivity index (χ3v) is 3.55. The van der Waals surface area contributed by atoms with E-state index in [1.165, 1.54) is 6.07 Å². The van der Waals surface area contributed by atoms with Crippen molar-refractivity contribution in [2.45, 2.75) is 13.1 Å². The van der Waals surface area contributed by atoms with Gasteiger partial charge in [-0.2, -0.15) is 0 Å². The van der Waals surface area contributed by atoms with Crippen LogP contribution in [-0.2, 0) is 13.1 Å². The molecule has 0 radical (unpaired) electrons. The van der Waals surface area contributed by atoms with Crippen LogP contribution in [0.5, 0.6) is 0 Å². The molecule has 0 aliphatic carbocycles. The zero-order chi connectivity index (χ0) is 13.8. The number of thiazole rings is 1. The fourth-order valence-corrected chi connectivity index (χ4v) is 2.43. The number of aromatic nitrogens is 1. The van der Waals surface area contributed by atoms with Crippen LogP contribution >= 0.6 is 22.9 Å². The Balaban J connectivity index is 2.07. The number of nitrogens with one attached hydrogen (secondary N) is 2. The van der Waals surface area contributed by atoms with Gasteiger partial charge in [0.1, 0.15) is 0 Å². The smallest absolute Gasteiger partial charge is 0.304 e. The third-order valence-electron chi connectivity index (χ3n) is 2.48. The highest BCUT2D eigenvalue weighted by molar-refractivity contribution is 7.07. The number of aromatic amines is 1. The van der Waals surface area contributed by atoms with E-state index in [0.29, 0.717) is 17.1 Å².